The predicted octanol–water partition coefficient (Wildman–Crippen LogP) is -1.47. The summed E-state index contributed by atoms with van der Waals surface area (Å²) in [6.07, 6.45) is -1.35. The molecule has 31 heavy (non-hydrogen) atoms. The molecule has 170 valence electrons. The molecule has 1 aromatic carbocycles. The summed E-state index contributed by atoms with van der Waals surface area (Å²) in [5, 5.41) is 30.8. The van der Waals surface area contributed by atoms with Crippen molar-refractivity contribution in [1.29, 1.82) is 0 Å². The third-order valence-corrected chi connectivity index (χ3v) is 4.06. The number of carbonyl (C=O) groups is 4. The molecule has 1 rings (SSSR count). The first-order valence-corrected chi connectivity index (χ1v) is 9.32. The highest BCUT2D eigenvalue weighted by Gasteiger charge is 2.28. The Bertz CT molecular complexity index is 871. The van der Waals surface area contributed by atoms with Gasteiger partial charge >= 0.3 is 0 Å². The number of hydrogen-bond acceptors (Lipinski definition) is 8. The monoisotopic (exact) mass is 438 g/mol. The number of primary amides is 1. The highest BCUT2D eigenvalue weighted by atomic mass is 16.6. The Morgan fingerprint density at radius 1 is 1.19 bits per heavy atom. The number of non-ortho nitro benzene ring substituents is 1. The molecule has 7 N–H and O–H groups in total. The van der Waals surface area contributed by atoms with Crippen LogP contribution in [0.2, 0.25) is 0 Å². The van der Waals surface area contributed by atoms with Crippen molar-refractivity contribution in [3.8, 4) is 0 Å². The van der Waals surface area contributed by atoms with Gasteiger partial charge in [0.25, 0.3) is 11.6 Å². The largest absolute Gasteiger partial charge is 0.391 e. The number of rotatable bonds is 11. The van der Waals surface area contributed by atoms with Crippen LogP contribution < -0.4 is 27.0 Å². The highest BCUT2D eigenvalue weighted by Crippen LogP contribution is 2.27. The zero-order chi connectivity index (χ0) is 23.7. The molecule has 0 saturated carbocycles. The lowest BCUT2D eigenvalue weighted by Crippen LogP contribution is -2.54. The fourth-order valence-corrected chi connectivity index (χ4v) is 2.61. The van der Waals surface area contributed by atoms with E-state index in [0.717, 1.165) is 6.07 Å². The molecule has 0 aromatic heterocycles. The number of hydrogen-bond donors (Lipinski definition) is 6. The van der Waals surface area contributed by atoms with Crippen molar-refractivity contribution in [3.05, 3.63) is 33.4 Å². The minimum absolute atomic E-state index is 0.0776. The van der Waals surface area contributed by atoms with Crippen molar-refractivity contribution < 1.29 is 29.2 Å². The van der Waals surface area contributed by atoms with E-state index >= 15 is 0 Å². The van der Waals surface area contributed by atoms with Gasteiger partial charge in [0.05, 0.1) is 35.4 Å². The van der Waals surface area contributed by atoms with Crippen molar-refractivity contribution in [3.63, 3.8) is 0 Å². The second kappa shape index (κ2) is 11.4. The number of nitrogens with one attached hydrogen (secondary N) is 4. The van der Waals surface area contributed by atoms with Gasteiger partial charge in [0.15, 0.2) is 0 Å². The van der Waals surface area contributed by atoms with Crippen molar-refractivity contribution in [1.82, 2.24) is 16.0 Å². The number of aryl methyl sites for hydroxylation is 1. The molecule has 1 aromatic rings. The topological polar surface area (TPSA) is 206 Å². The van der Waals surface area contributed by atoms with Gasteiger partial charge < -0.3 is 32.1 Å². The standard InChI is InChI=1S/C18H26N6O7/c1-4-20-15-9(2)5-11(24(30)31)6-12(15)17(28)23-16(10(3)25)18(29)22-8-14(27)21-7-13(19)26/h5-6,10,16,20,25H,4,7-8H2,1-3H3,(H2,19,26)(H,21,27)(H,22,29)(H,23,28). The second-order valence-corrected chi connectivity index (χ2v) is 6.63. The lowest BCUT2D eigenvalue weighted by Gasteiger charge is -2.22. The Balaban J connectivity index is 3.01. The molecule has 0 aliphatic carbocycles. The van der Waals surface area contributed by atoms with E-state index in [1.54, 1.807) is 13.8 Å². The summed E-state index contributed by atoms with van der Waals surface area (Å²) in [5.74, 6) is -3.17. The lowest BCUT2D eigenvalue weighted by atomic mass is 10.0. The third kappa shape index (κ3) is 7.54. The maximum Gasteiger partial charge on any atom is 0.270 e. The van der Waals surface area contributed by atoms with Crippen LogP contribution in [-0.2, 0) is 14.4 Å². The number of nitro groups is 1. The van der Waals surface area contributed by atoms with Crippen LogP contribution in [0.1, 0.15) is 29.8 Å². The zero-order valence-electron chi connectivity index (χ0n) is 17.4. The quantitative estimate of drug-likeness (QED) is 0.177. The van der Waals surface area contributed by atoms with Crippen LogP contribution in [-0.4, -0.2) is 65.4 Å². The van der Waals surface area contributed by atoms with Gasteiger partial charge in [-0.15, -0.1) is 0 Å². The summed E-state index contributed by atoms with van der Waals surface area (Å²) >= 11 is 0. The molecular formula is C18H26N6O7. The summed E-state index contributed by atoms with van der Waals surface area (Å²) in [4.78, 5) is 57.9. The molecule has 4 amide bonds. The van der Waals surface area contributed by atoms with E-state index in [0.29, 0.717) is 17.8 Å². The van der Waals surface area contributed by atoms with E-state index < -0.39 is 53.8 Å². The van der Waals surface area contributed by atoms with E-state index in [1.165, 1.54) is 13.0 Å². The van der Waals surface area contributed by atoms with Crippen molar-refractivity contribution in [2.24, 2.45) is 5.73 Å². The average Bonchev–Trinajstić information content (AvgIpc) is 2.69. The Labute approximate surface area is 177 Å². The number of nitrogens with zero attached hydrogens (tertiary/aromatic N) is 1. The van der Waals surface area contributed by atoms with Gasteiger partial charge in [-0.25, -0.2) is 0 Å². The number of aliphatic hydroxyl groups excluding tert-OH is 1. The third-order valence-electron chi connectivity index (χ3n) is 4.06. The fraction of sp³-hybridized carbons (Fsp3) is 0.444. The normalized spacial score (nSPS) is 12.3. The summed E-state index contributed by atoms with van der Waals surface area (Å²) < 4.78 is 0. The number of aliphatic hydroxyl groups is 1. The van der Waals surface area contributed by atoms with E-state index in [9.17, 15) is 34.4 Å². The van der Waals surface area contributed by atoms with E-state index in [2.05, 4.69) is 21.3 Å². The van der Waals surface area contributed by atoms with Crippen LogP contribution in [0.5, 0.6) is 0 Å². The number of nitrogens with two attached hydrogens (primary N) is 1. The first-order valence-electron chi connectivity index (χ1n) is 9.32. The summed E-state index contributed by atoms with van der Waals surface area (Å²) in [5.41, 5.74) is 5.31. The number of anilines is 1. The maximum atomic E-state index is 12.8. The van der Waals surface area contributed by atoms with Crippen LogP contribution in [0.4, 0.5) is 11.4 Å². The zero-order valence-corrected chi connectivity index (χ0v) is 17.4. The molecule has 0 heterocycles. The van der Waals surface area contributed by atoms with Crippen LogP contribution >= 0.6 is 0 Å². The molecular weight excluding hydrogens is 412 g/mol. The molecule has 0 aliphatic rings. The Hall–Kier alpha value is -3.74. The van der Waals surface area contributed by atoms with Gasteiger partial charge in [-0.3, -0.25) is 29.3 Å². The molecule has 2 atom stereocenters. The SMILES string of the molecule is CCNc1c(C)cc([N+](=O)[O-])cc1C(=O)NC(C(=O)NCC(=O)NCC(N)=O)C(C)O. The predicted molar refractivity (Wildman–Crippen MR) is 110 cm³/mol. The lowest BCUT2D eigenvalue weighted by molar-refractivity contribution is -0.384. The van der Waals surface area contributed by atoms with Crippen molar-refractivity contribution >= 4 is 35.0 Å². The Morgan fingerprint density at radius 2 is 1.84 bits per heavy atom. The molecule has 0 spiro atoms. The van der Waals surface area contributed by atoms with Gasteiger partial charge in [-0.2, -0.15) is 0 Å². The van der Waals surface area contributed by atoms with E-state index in [-0.39, 0.29) is 11.3 Å². The molecule has 2 unspecified atom stereocenters. The molecule has 0 fully saturated rings. The molecule has 13 nitrogen and oxygen atoms in total. The Morgan fingerprint density at radius 3 is 2.35 bits per heavy atom. The molecule has 13 heteroatoms. The number of benzene rings is 1. The van der Waals surface area contributed by atoms with Gasteiger partial charge in [0.1, 0.15) is 6.04 Å². The molecule has 0 saturated heterocycles. The smallest absolute Gasteiger partial charge is 0.270 e. The van der Waals surface area contributed by atoms with E-state index in [4.69, 9.17) is 5.73 Å². The fourth-order valence-electron chi connectivity index (χ4n) is 2.61. The minimum Gasteiger partial charge on any atom is -0.391 e. The minimum atomic E-state index is -1.45. The van der Waals surface area contributed by atoms with Crippen molar-refractivity contribution in [2.75, 3.05) is 25.0 Å². The molecule has 0 bridgehead atoms. The molecule has 0 aliphatic heterocycles. The van der Waals surface area contributed by atoms with Crippen LogP contribution in [0.15, 0.2) is 12.1 Å². The maximum absolute atomic E-state index is 12.8. The summed E-state index contributed by atoms with van der Waals surface area (Å²) in [7, 11) is 0. The average molecular weight is 438 g/mol. The molecule has 0 radical (unpaired) electrons. The van der Waals surface area contributed by atoms with Gasteiger partial charge in [-0.05, 0) is 26.3 Å². The first-order chi connectivity index (χ1) is 14.5. The van der Waals surface area contributed by atoms with Gasteiger partial charge in [0, 0.05) is 18.7 Å². The van der Waals surface area contributed by atoms with Gasteiger partial charge in [-0.1, -0.05) is 0 Å². The summed E-state index contributed by atoms with van der Waals surface area (Å²) in [6.45, 7) is 4.11. The number of amides is 4. The second-order valence-electron chi connectivity index (χ2n) is 6.63. The summed E-state index contributed by atoms with van der Waals surface area (Å²) in [6, 6.07) is 0.915. The van der Waals surface area contributed by atoms with Crippen LogP contribution in [0.25, 0.3) is 0 Å². The van der Waals surface area contributed by atoms with E-state index in [1.807, 2.05) is 0 Å². The van der Waals surface area contributed by atoms with Crippen molar-refractivity contribution in [2.45, 2.75) is 32.9 Å². The first kappa shape index (κ1) is 25.3. The highest BCUT2D eigenvalue weighted by molar-refractivity contribution is 6.03. The number of nitro benzene ring substituents is 1. The Kier molecular flexibility index (Phi) is 9.34. The van der Waals surface area contributed by atoms with Crippen LogP contribution in [0, 0.1) is 17.0 Å². The number of carbonyl (C=O) groups excluding carboxylic acids is 4. The van der Waals surface area contributed by atoms with Crippen LogP contribution in [0.3, 0.4) is 0 Å². The van der Waals surface area contributed by atoms with Gasteiger partial charge in [0.2, 0.25) is 17.7 Å².